The van der Waals surface area contributed by atoms with Gasteiger partial charge in [-0.25, -0.2) is 24.9 Å². The SMILES string of the molecule is CN(CCO)CCN(CC=O)c1ccc(SNCC(O)CN)c(S(N)(=O)=O)c1/C(N)=N/NN. The highest BCUT2D eigenvalue weighted by Crippen LogP contribution is 2.34. The van der Waals surface area contributed by atoms with Gasteiger partial charge in [-0.05, 0) is 31.1 Å². The highest BCUT2D eigenvalue weighted by Gasteiger charge is 2.27. The van der Waals surface area contributed by atoms with Crippen LogP contribution < -0.4 is 37.6 Å². The maximum absolute atomic E-state index is 12.6. The molecule has 0 saturated heterocycles. The average molecular weight is 508 g/mol. The molecule has 0 bridgehead atoms. The van der Waals surface area contributed by atoms with Gasteiger partial charge in [0, 0.05) is 43.3 Å². The summed E-state index contributed by atoms with van der Waals surface area (Å²) in [4.78, 5) is 14.7. The van der Waals surface area contributed by atoms with E-state index >= 15 is 0 Å². The Bertz CT molecular complexity index is 901. The van der Waals surface area contributed by atoms with E-state index in [-0.39, 0.29) is 47.4 Å². The molecule has 14 nitrogen and oxygen atoms in total. The van der Waals surface area contributed by atoms with Gasteiger partial charge in [-0.15, -0.1) is 5.10 Å². The lowest BCUT2D eigenvalue weighted by atomic mass is 10.1. The number of anilines is 1. The van der Waals surface area contributed by atoms with Crippen molar-refractivity contribution in [2.45, 2.75) is 15.9 Å². The fraction of sp³-hybridized carbons (Fsp3) is 0.529. The number of hydrazone groups is 1. The second kappa shape index (κ2) is 14.3. The minimum Gasteiger partial charge on any atom is -0.395 e. The molecule has 16 heteroatoms. The van der Waals surface area contributed by atoms with Gasteiger partial charge < -0.3 is 36.3 Å². The summed E-state index contributed by atoms with van der Waals surface area (Å²) in [5.74, 6) is 4.99. The second-order valence-electron chi connectivity index (χ2n) is 6.94. The van der Waals surface area contributed by atoms with Crippen molar-refractivity contribution >= 4 is 39.8 Å². The van der Waals surface area contributed by atoms with Crippen molar-refractivity contribution in [1.29, 1.82) is 0 Å². The zero-order valence-electron chi connectivity index (χ0n) is 18.3. The number of aliphatic hydroxyl groups is 2. The van der Waals surface area contributed by atoms with E-state index in [2.05, 4.69) is 9.82 Å². The molecular formula is C17H33N9O5S2. The van der Waals surface area contributed by atoms with Crippen molar-refractivity contribution in [2.24, 2.45) is 27.6 Å². The smallest absolute Gasteiger partial charge is 0.240 e. The van der Waals surface area contributed by atoms with Crippen LogP contribution in [0.3, 0.4) is 0 Å². The Hall–Kier alpha value is -2.02. The first-order chi connectivity index (χ1) is 15.6. The number of aldehydes is 1. The largest absolute Gasteiger partial charge is 0.395 e. The predicted molar refractivity (Wildman–Crippen MR) is 128 cm³/mol. The summed E-state index contributed by atoms with van der Waals surface area (Å²) in [5, 5.41) is 28.0. The Kier molecular flexibility index (Phi) is 12.6. The summed E-state index contributed by atoms with van der Waals surface area (Å²) in [6.45, 7) is 1.19. The van der Waals surface area contributed by atoms with Gasteiger partial charge in [0.1, 0.15) is 11.2 Å². The monoisotopic (exact) mass is 507 g/mol. The Labute approximate surface area is 197 Å². The number of nitrogens with two attached hydrogens (primary N) is 4. The van der Waals surface area contributed by atoms with E-state index in [9.17, 15) is 18.3 Å². The number of benzene rings is 1. The molecule has 1 aromatic rings. The van der Waals surface area contributed by atoms with Crippen LogP contribution in [0.1, 0.15) is 5.56 Å². The van der Waals surface area contributed by atoms with Gasteiger partial charge in [-0.3, -0.25) is 4.72 Å². The fourth-order valence-electron chi connectivity index (χ4n) is 2.83. The summed E-state index contributed by atoms with van der Waals surface area (Å²) < 4.78 is 28.0. The Morgan fingerprint density at radius 2 is 2.03 bits per heavy atom. The topological polar surface area (TPSA) is 239 Å². The number of nitrogens with one attached hydrogen (secondary N) is 2. The molecule has 0 saturated carbocycles. The number of nitrogens with zero attached hydrogens (tertiary/aromatic N) is 3. The number of hydrogen-bond acceptors (Lipinski definition) is 13. The summed E-state index contributed by atoms with van der Waals surface area (Å²) >= 11 is 0.915. The number of hydrazine groups is 1. The molecule has 0 spiro atoms. The van der Waals surface area contributed by atoms with E-state index in [1.807, 2.05) is 10.4 Å². The molecule has 1 rings (SSSR count). The molecule has 0 heterocycles. The molecule has 1 atom stereocenters. The highest BCUT2D eigenvalue weighted by atomic mass is 32.2. The highest BCUT2D eigenvalue weighted by molar-refractivity contribution is 7.98. The number of rotatable bonds is 16. The van der Waals surface area contributed by atoms with Crippen LogP contribution in [0.5, 0.6) is 0 Å². The predicted octanol–water partition coefficient (Wildman–Crippen LogP) is -3.74. The minimum absolute atomic E-state index is 0.0208. The molecule has 0 aliphatic carbocycles. The van der Waals surface area contributed by atoms with Gasteiger partial charge in [-0.2, -0.15) is 0 Å². The van der Waals surface area contributed by atoms with E-state index in [1.54, 1.807) is 18.0 Å². The minimum atomic E-state index is -4.33. The zero-order valence-corrected chi connectivity index (χ0v) is 20.0. The molecule has 188 valence electrons. The molecule has 0 fully saturated rings. The van der Waals surface area contributed by atoms with Crippen LogP contribution in [0.15, 0.2) is 27.0 Å². The molecule has 33 heavy (non-hydrogen) atoms. The van der Waals surface area contributed by atoms with Crippen molar-refractivity contribution in [3.8, 4) is 0 Å². The van der Waals surface area contributed by atoms with E-state index in [0.717, 1.165) is 11.9 Å². The third kappa shape index (κ3) is 9.03. The number of carbonyl (C=O) groups excluding carboxylic acids is 1. The lowest BCUT2D eigenvalue weighted by Crippen LogP contribution is -2.37. The fourth-order valence-corrected chi connectivity index (χ4v) is 4.90. The van der Waals surface area contributed by atoms with Gasteiger partial charge in [0.05, 0.1) is 24.8 Å². The number of primary sulfonamides is 1. The Morgan fingerprint density at radius 3 is 2.58 bits per heavy atom. The summed E-state index contributed by atoms with van der Waals surface area (Å²) in [6, 6.07) is 3.09. The molecule has 0 radical (unpaired) electrons. The lowest BCUT2D eigenvalue weighted by molar-refractivity contribution is -0.106. The third-order valence-electron chi connectivity index (χ3n) is 4.47. The molecule has 12 N–H and O–H groups in total. The first-order valence-corrected chi connectivity index (χ1v) is 12.2. The van der Waals surface area contributed by atoms with Crippen LogP contribution in [0, 0.1) is 0 Å². The first kappa shape index (κ1) is 29.0. The summed E-state index contributed by atoms with van der Waals surface area (Å²) in [6.07, 6.45) is -0.166. The number of sulfonamides is 1. The van der Waals surface area contributed by atoms with Crippen molar-refractivity contribution in [3.63, 3.8) is 0 Å². The van der Waals surface area contributed by atoms with E-state index in [4.69, 9.17) is 27.6 Å². The number of aliphatic hydroxyl groups excluding tert-OH is 2. The van der Waals surface area contributed by atoms with Crippen molar-refractivity contribution < 1.29 is 23.4 Å². The molecule has 0 aromatic heterocycles. The van der Waals surface area contributed by atoms with Gasteiger partial charge in [0.2, 0.25) is 10.0 Å². The average Bonchev–Trinajstić information content (AvgIpc) is 2.75. The van der Waals surface area contributed by atoms with Crippen LogP contribution in [0.25, 0.3) is 0 Å². The van der Waals surface area contributed by atoms with Gasteiger partial charge in [0.25, 0.3) is 0 Å². The summed E-state index contributed by atoms with van der Waals surface area (Å²) in [7, 11) is -2.54. The van der Waals surface area contributed by atoms with Crippen molar-refractivity contribution in [3.05, 3.63) is 17.7 Å². The third-order valence-corrected chi connectivity index (χ3v) is 6.46. The van der Waals surface area contributed by atoms with Gasteiger partial charge in [0.15, 0.2) is 5.84 Å². The second-order valence-corrected chi connectivity index (χ2v) is 9.37. The molecule has 0 aliphatic heterocycles. The molecule has 1 aromatic carbocycles. The van der Waals surface area contributed by atoms with Crippen molar-refractivity contribution in [1.82, 2.24) is 15.2 Å². The molecule has 1 unspecified atom stereocenters. The maximum atomic E-state index is 12.6. The standard InChI is InChI=1S/C17H33N9O5S2/c1-25(6-8-27)4-5-26(7-9-28)13-2-3-14(32-22-11-12(29)10-18)16(33(21,30)31)15(13)17(19)23-24-20/h2-3,9,12,22,24,27,29H,4-8,10-11,18,20H2,1H3,(H2,19,23)(H2,21,30,31). The van der Waals surface area contributed by atoms with Gasteiger partial charge >= 0.3 is 0 Å². The zero-order chi connectivity index (χ0) is 25.0. The van der Waals surface area contributed by atoms with Crippen molar-refractivity contribution in [2.75, 3.05) is 57.8 Å². The number of amidine groups is 1. The van der Waals surface area contributed by atoms with Crippen LogP contribution in [0.4, 0.5) is 5.69 Å². The number of likely N-dealkylation sites (N-methyl/N-ethyl adjacent to an activating group) is 1. The van der Waals surface area contributed by atoms with Gasteiger partial charge in [-0.1, -0.05) is 0 Å². The maximum Gasteiger partial charge on any atom is 0.240 e. The molecular weight excluding hydrogens is 474 g/mol. The quantitative estimate of drug-likeness (QED) is 0.0268. The first-order valence-electron chi connectivity index (χ1n) is 9.85. The number of hydrogen-bond donors (Lipinski definition) is 8. The van der Waals surface area contributed by atoms with E-state index in [0.29, 0.717) is 31.6 Å². The lowest BCUT2D eigenvalue weighted by Gasteiger charge is -2.28. The molecule has 0 aliphatic rings. The van der Waals surface area contributed by atoms with Crippen LogP contribution in [-0.4, -0.2) is 94.7 Å². The molecule has 0 amide bonds. The van der Waals surface area contributed by atoms with Crippen LogP contribution in [0.2, 0.25) is 0 Å². The summed E-state index contributed by atoms with van der Waals surface area (Å²) in [5.41, 5.74) is 13.7. The van der Waals surface area contributed by atoms with Crippen LogP contribution >= 0.6 is 11.9 Å². The Balaban J connectivity index is 3.58. The normalized spacial score (nSPS) is 13.2. The van der Waals surface area contributed by atoms with E-state index in [1.165, 1.54) is 6.07 Å². The van der Waals surface area contributed by atoms with Crippen LogP contribution in [-0.2, 0) is 14.8 Å². The number of carbonyl (C=O) groups is 1. The Morgan fingerprint density at radius 1 is 1.33 bits per heavy atom. The van der Waals surface area contributed by atoms with E-state index < -0.39 is 16.1 Å².